The Morgan fingerprint density at radius 1 is 1.41 bits per heavy atom. The van der Waals surface area contributed by atoms with Crippen molar-refractivity contribution in [1.29, 1.82) is 0 Å². The number of hydrogen-bond acceptors (Lipinski definition) is 5. The first-order valence-electron chi connectivity index (χ1n) is 6.24. The molecular formula is C12H20N4S. The van der Waals surface area contributed by atoms with E-state index in [4.69, 9.17) is 0 Å². The molecule has 17 heavy (non-hydrogen) atoms. The van der Waals surface area contributed by atoms with Crippen LogP contribution in [-0.4, -0.2) is 41.1 Å². The van der Waals surface area contributed by atoms with E-state index in [-0.39, 0.29) is 0 Å². The first kappa shape index (κ1) is 12.6. The Morgan fingerprint density at radius 3 is 3.00 bits per heavy atom. The van der Waals surface area contributed by atoms with Gasteiger partial charge < -0.3 is 10.2 Å². The van der Waals surface area contributed by atoms with E-state index in [1.807, 2.05) is 18.0 Å². The highest BCUT2D eigenvalue weighted by Crippen LogP contribution is 2.20. The van der Waals surface area contributed by atoms with Gasteiger partial charge in [0.05, 0.1) is 0 Å². The molecule has 0 aliphatic carbocycles. The Morgan fingerprint density at radius 2 is 2.24 bits per heavy atom. The summed E-state index contributed by atoms with van der Waals surface area (Å²) >= 11 is 2.02. The predicted molar refractivity (Wildman–Crippen MR) is 73.6 cm³/mol. The van der Waals surface area contributed by atoms with Crippen LogP contribution in [0.15, 0.2) is 12.5 Å². The fourth-order valence-corrected chi connectivity index (χ4v) is 2.84. The smallest absolute Gasteiger partial charge is 0.136 e. The molecule has 2 rings (SSSR count). The Hall–Kier alpha value is -0.810. The maximum absolute atomic E-state index is 4.45. The van der Waals surface area contributed by atoms with Crippen molar-refractivity contribution in [2.75, 3.05) is 36.0 Å². The van der Waals surface area contributed by atoms with E-state index in [2.05, 4.69) is 27.1 Å². The number of nitrogens with one attached hydrogen (secondary N) is 1. The lowest BCUT2D eigenvalue weighted by Gasteiger charge is -2.28. The van der Waals surface area contributed by atoms with E-state index in [9.17, 15) is 0 Å². The van der Waals surface area contributed by atoms with E-state index in [1.165, 1.54) is 17.1 Å². The first-order chi connectivity index (χ1) is 8.42. The Labute approximate surface area is 107 Å². The summed E-state index contributed by atoms with van der Waals surface area (Å²) in [5.74, 6) is 3.52. The van der Waals surface area contributed by atoms with Crippen LogP contribution in [0.3, 0.4) is 0 Å². The van der Waals surface area contributed by atoms with E-state index >= 15 is 0 Å². The van der Waals surface area contributed by atoms with Gasteiger partial charge in [-0.15, -0.1) is 0 Å². The molecule has 0 aromatic carbocycles. The van der Waals surface area contributed by atoms with Crippen LogP contribution in [0, 0.1) is 0 Å². The van der Waals surface area contributed by atoms with Gasteiger partial charge in [-0.05, 0) is 13.0 Å². The Bertz CT molecular complexity index is 339. The number of nitrogens with zero attached hydrogens (tertiary/aromatic N) is 3. The number of thioether (sulfide) groups is 1. The summed E-state index contributed by atoms with van der Waals surface area (Å²) in [6.07, 6.45) is 4.75. The van der Waals surface area contributed by atoms with Gasteiger partial charge in [0.1, 0.15) is 12.1 Å². The molecule has 1 aromatic rings. The second-order valence-electron chi connectivity index (χ2n) is 4.15. The zero-order chi connectivity index (χ0) is 11.9. The van der Waals surface area contributed by atoms with Crippen molar-refractivity contribution in [2.45, 2.75) is 19.9 Å². The van der Waals surface area contributed by atoms with Crippen LogP contribution in [0.2, 0.25) is 0 Å². The Kier molecular flexibility index (Phi) is 5.07. The van der Waals surface area contributed by atoms with Crippen molar-refractivity contribution in [3.63, 3.8) is 0 Å². The van der Waals surface area contributed by atoms with Gasteiger partial charge in [-0.25, -0.2) is 9.97 Å². The highest BCUT2D eigenvalue weighted by molar-refractivity contribution is 7.99. The molecule has 0 atom stereocenters. The van der Waals surface area contributed by atoms with Gasteiger partial charge in [-0.2, -0.15) is 11.8 Å². The number of anilines is 1. The minimum atomic E-state index is 0.869. The molecule has 0 unspecified atom stereocenters. The number of hydrogen-bond donors (Lipinski definition) is 1. The molecule has 0 amide bonds. The van der Waals surface area contributed by atoms with Gasteiger partial charge in [0.15, 0.2) is 0 Å². The minimum absolute atomic E-state index is 0.869. The average molecular weight is 252 g/mol. The quantitative estimate of drug-likeness (QED) is 0.805. The summed E-state index contributed by atoms with van der Waals surface area (Å²) in [4.78, 5) is 11.0. The lowest BCUT2D eigenvalue weighted by molar-refractivity contribution is 0.668. The number of rotatable bonds is 5. The van der Waals surface area contributed by atoms with Crippen molar-refractivity contribution < 1.29 is 0 Å². The van der Waals surface area contributed by atoms with Crippen molar-refractivity contribution in [2.24, 2.45) is 0 Å². The van der Waals surface area contributed by atoms with Gasteiger partial charge in [0.25, 0.3) is 0 Å². The topological polar surface area (TPSA) is 41.1 Å². The van der Waals surface area contributed by atoms with Gasteiger partial charge in [0.2, 0.25) is 0 Å². The van der Waals surface area contributed by atoms with E-state index in [0.717, 1.165) is 38.4 Å². The second-order valence-corrected chi connectivity index (χ2v) is 5.37. The Balaban J connectivity index is 2.03. The van der Waals surface area contributed by atoms with Crippen LogP contribution < -0.4 is 10.2 Å². The molecule has 0 bridgehead atoms. The first-order valence-corrected chi connectivity index (χ1v) is 7.39. The summed E-state index contributed by atoms with van der Waals surface area (Å²) < 4.78 is 0. The van der Waals surface area contributed by atoms with Gasteiger partial charge in [-0.3, -0.25) is 0 Å². The van der Waals surface area contributed by atoms with Gasteiger partial charge in [0, 0.05) is 42.9 Å². The average Bonchev–Trinajstić information content (AvgIpc) is 2.41. The van der Waals surface area contributed by atoms with Crippen LogP contribution in [0.4, 0.5) is 5.82 Å². The number of aromatic nitrogens is 2. The summed E-state index contributed by atoms with van der Waals surface area (Å²) in [5, 5.41) is 3.42. The molecule has 0 saturated carbocycles. The fraction of sp³-hybridized carbons (Fsp3) is 0.667. The summed E-state index contributed by atoms with van der Waals surface area (Å²) in [6.45, 7) is 6.29. The maximum atomic E-state index is 4.45. The molecule has 2 heterocycles. The maximum Gasteiger partial charge on any atom is 0.136 e. The second kappa shape index (κ2) is 6.81. The van der Waals surface area contributed by atoms with Crippen LogP contribution in [0.25, 0.3) is 0 Å². The minimum Gasteiger partial charge on any atom is -0.355 e. The SMILES string of the molecule is CCCNCc1cncnc1N1CCSCC1. The van der Waals surface area contributed by atoms with Gasteiger partial charge in [-0.1, -0.05) is 6.92 Å². The highest BCUT2D eigenvalue weighted by Gasteiger charge is 2.15. The normalized spacial score (nSPS) is 16.2. The van der Waals surface area contributed by atoms with Crippen molar-refractivity contribution in [3.05, 3.63) is 18.1 Å². The molecule has 1 aliphatic heterocycles. The molecule has 0 spiro atoms. The standard InChI is InChI=1S/C12H20N4S/c1-2-3-13-8-11-9-14-10-15-12(11)16-4-6-17-7-5-16/h9-10,13H,2-8H2,1H3. The zero-order valence-corrected chi connectivity index (χ0v) is 11.2. The molecule has 1 aliphatic rings. The molecule has 5 heteroatoms. The van der Waals surface area contributed by atoms with Crippen LogP contribution in [0.5, 0.6) is 0 Å². The third-order valence-electron chi connectivity index (χ3n) is 2.82. The predicted octanol–water partition coefficient (Wildman–Crippen LogP) is 1.53. The third kappa shape index (κ3) is 3.57. The monoisotopic (exact) mass is 252 g/mol. The third-order valence-corrected chi connectivity index (χ3v) is 3.76. The molecule has 0 radical (unpaired) electrons. The van der Waals surface area contributed by atoms with E-state index in [0.29, 0.717) is 0 Å². The van der Waals surface area contributed by atoms with Crippen LogP contribution in [0.1, 0.15) is 18.9 Å². The van der Waals surface area contributed by atoms with E-state index in [1.54, 1.807) is 6.33 Å². The van der Waals surface area contributed by atoms with Gasteiger partial charge >= 0.3 is 0 Å². The molecule has 94 valence electrons. The van der Waals surface area contributed by atoms with Crippen LogP contribution >= 0.6 is 11.8 Å². The van der Waals surface area contributed by atoms with Crippen molar-refractivity contribution in [1.82, 2.24) is 15.3 Å². The molecule has 1 aromatic heterocycles. The molecule has 1 saturated heterocycles. The molecule has 4 nitrogen and oxygen atoms in total. The molecule has 1 fully saturated rings. The van der Waals surface area contributed by atoms with Crippen molar-refractivity contribution in [3.8, 4) is 0 Å². The van der Waals surface area contributed by atoms with Crippen LogP contribution in [-0.2, 0) is 6.54 Å². The lowest BCUT2D eigenvalue weighted by atomic mass is 10.2. The van der Waals surface area contributed by atoms with Crippen molar-refractivity contribution >= 4 is 17.6 Å². The van der Waals surface area contributed by atoms with E-state index < -0.39 is 0 Å². The summed E-state index contributed by atoms with van der Waals surface area (Å²) in [5.41, 5.74) is 1.22. The molecular weight excluding hydrogens is 232 g/mol. The fourth-order valence-electron chi connectivity index (χ4n) is 1.94. The highest BCUT2D eigenvalue weighted by atomic mass is 32.2. The summed E-state index contributed by atoms with van der Waals surface area (Å²) in [6, 6.07) is 0. The lowest BCUT2D eigenvalue weighted by Crippen LogP contribution is -2.34. The molecule has 1 N–H and O–H groups in total. The zero-order valence-electron chi connectivity index (χ0n) is 10.4. The largest absolute Gasteiger partial charge is 0.355 e. The summed E-state index contributed by atoms with van der Waals surface area (Å²) in [7, 11) is 0.